The van der Waals surface area contributed by atoms with Crippen LogP contribution >= 0.6 is 22.9 Å². The molecule has 2 heterocycles. The number of ether oxygens (including phenoxy) is 1. The van der Waals surface area contributed by atoms with E-state index >= 15 is 0 Å². The number of ketones is 1. The van der Waals surface area contributed by atoms with Gasteiger partial charge in [0.2, 0.25) is 0 Å². The first-order chi connectivity index (χ1) is 12.1. The molecule has 1 fully saturated rings. The normalized spacial score (nSPS) is 16.7. The Labute approximate surface area is 154 Å². The average molecular weight is 378 g/mol. The van der Waals surface area contributed by atoms with Crippen LogP contribution in [-0.2, 0) is 9.53 Å². The summed E-state index contributed by atoms with van der Waals surface area (Å²) >= 11 is 7.12. The highest BCUT2D eigenvalue weighted by Crippen LogP contribution is 2.23. The Kier molecular flexibility index (Phi) is 5.50. The number of likely N-dealkylation sites (tertiary alicyclic amines) is 1. The predicted molar refractivity (Wildman–Crippen MR) is 95.1 cm³/mol. The van der Waals surface area contributed by atoms with Gasteiger partial charge in [-0.2, -0.15) is 0 Å². The van der Waals surface area contributed by atoms with Crippen LogP contribution in [0.4, 0.5) is 0 Å². The zero-order valence-electron chi connectivity index (χ0n) is 13.3. The number of thiophene rings is 1. The molecule has 25 heavy (non-hydrogen) atoms. The molecule has 130 valence electrons. The molecule has 1 saturated heterocycles. The second-order valence-corrected chi connectivity index (χ2v) is 7.06. The molecule has 0 spiro atoms. The summed E-state index contributed by atoms with van der Waals surface area (Å²) in [6.45, 7) is 0.166. The minimum atomic E-state index is -0.632. The third-order valence-electron chi connectivity index (χ3n) is 4.03. The first-order valence-corrected chi connectivity index (χ1v) is 9.12. The van der Waals surface area contributed by atoms with E-state index in [1.807, 2.05) is 5.38 Å². The molecule has 7 heteroatoms. The number of carbonyl (C=O) groups excluding carboxylic acids is 3. The highest BCUT2D eigenvalue weighted by atomic mass is 35.5. The Bertz CT molecular complexity index is 773. The summed E-state index contributed by atoms with van der Waals surface area (Å²) in [6, 6.07) is 9.28. The molecule has 1 amide bonds. The van der Waals surface area contributed by atoms with E-state index in [4.69, 9.17) is 16.3 Å². The molecule has 1 aliphatic rings. The van der Waals surface area contributed by atoms with Gasteiger partial charge in [-0.1, -0.05) is 17.7 Å². The second-order valence-electron chi connectivity index (χ2n) is 5.67. The number of hydrogen-bond donors (Lipinski definition) is 0. The van der Waals surface area contributed by atoms with Crippen molar-refractivity contribution in [2.24, 2.45) is 0 Å². The Morgan fingerprint density at radius 1 is 1.20 bits per heavy atom. The lowest BCUT2D eigenvalue weighted by Crippen LogP contribution is -2.41. The number of halogens is 1. The largest absolute Gasteiger partial charge is 0.456 e. The van der Waals surface area contributed by atoms with Crippen molar-refractivity contribution >= 4 is 40.6 Å². The molecule has 1 unspecified atom stereocenters. The van der Waals surface area contributed by atoms with E-state index in [0.29, 0.717) is 28.4 Å². The van der Waals surface area contributed by atoms with E-state index in [1.54, 1.807) is 36.4 Å². The Morgan fingerprint density at radius 2 is 1.96 bits per heavy atom. The van der Waals surface area contributed by atoms with Crippen molar-refractivity contribution in [2.75, 3.05) is 13.2 Å². The molecule has 1 aliphatic heterocycles. The highest BCUT2D eigenvalue weighted by Gasteiger charge is 2.36. The van der Waals surface area contributed by atoms with Gasteiger partial charge >= 0.3 is 5.97 Å². The van der Waals surface area contributed by atoms with Gasteiger partial charge in [0.05, 0.1) is 4.88 Å². The molecule has 0 aliphatic carbocycles. The van der Waals surface area contributed by atoms with Gasteiger partial charge in [-0.3, -0.25) is 9.59 Å². The SMILES string of the molecule is O=C(COC(=O)C1CCCN1C(=O)c1cccs1)c1ccc(Cl)cc1. The van der Waals surface area contributed by atoms with E-state index in [1.165, 1.54) is 16.2 Å². The molecule has 0 bridgehead atoms. The van der Waals surface area contributed by atoms with Crippen LogP contribution in [0, 0.1) is 0 Å². The Balaban J connectivity index is 1.59. The van der Waals surface area contributed by atoms with Gasteiger partial charge in [0.15, 0.2) is 12.4 Å². The van der Waals surface area contributed by atoms with Crippen molar-refractivity contribution < 1.29 is 19.1 Å². The van der Waals surface area contributed by atoms with Crippen LogP contribution < -0.4 is 0 Å². The summed E-state index contributed by atoms with van der Waals surface area (Å²) in [4.78, 5) is 39.0. The standard InChI is InChI=1S/C18H16ClNO4S/c19-13-7-5-12(6-8-13)15(21)11-24-18(23)14-3-1-9-20(14)17(22)16-4-2-10-25-16/h2,4-8,10,14H,1,3,9,11H2. The summed E-state index contributed by atoms with van der Waals surface area (Å²) in [7, 11) is 0. The van der Waals surface area contributed by atoms with Gasteiger partial charge in [-0.25, -0.2) is 4.79 Å². The van der Waals surface area contributed by atoms with Crippen molar-refractivity contribution in [1.29, 1.82) is 0 Å². The second kappa shape index (κ2) is 7.80. The van der Waals surface area contributed by atoms with Crippen molar-refractivity contribution in [2.45, 2.75) is 18.9 Å². The van der Waals surface area contributed by atoms with Gasteiger partial charge in [0.25, 0.3) is 5.91 Å². The van der Waals surface area contributed by atoms with Crippen LogP contribution in [0.1, 0.15) is 32.9 Å². The zero-order valence-corrected chi connectivity index (χ0v) is 14.9. The first-order valence-electron chi connectivity index (χ1n) is 7.86. The molecule has 3 rings (SSSR count). The lowest BCUT2D eigenvalue weighted by molar-refractivity contribution is -0.147. The number of carbonyl (C=O) groups is 3. The van der Waals surface area contributed by atoms with Crippen LogP contribution in [0.5, 0.6) is 0 Å². The smallest absolute Gasteiger partial charge is 0.329 e. The van der Waals surface area contributed by atoms with Crippen LogP contribution in [0.3, 0.4) is 0 Å². The maximum Gasteiger partial charge on any atom is 0.329 e. The lowest BCUT2D eigenvalue weighted by Gasteiger charge is -2.22. The third-order valence-corrected chi connectivity index (χ3v) is 5.14. The van der Waals surface area contributed by atoms with E-state index in [-0.39, 0.29) is 18.3 Å². The molecule has 5 nitrogen and oxygen atoms in total. The van der Waals surface area contributed by atoms with E-state index < -0.39 is 12.0 Å². The molecular formula is C18H16ClNO4S. The van der Waals surface area contributed by atoms with Gasteiger partial charge in [0, 0.05) is 17.1 Å². The average Bonchev–Trinajstić information content (AvgIpc) is 3.30. The molecule has 1 aromatic carbocycles. The number of benzene rings is 1. The molecule has 0 radical (unpaired) electrons. The number of hydrogen-bond acceptors (Lipinski definition) is 5. The van der Waals surface area contributed by atoms with Crippen molar-refractivity contribution in [1.82, 2.24) is 4.90 Å². The summed E-state index contributed by atoms with van der Waals surface area (Å²) in [5, 5.41) is 2.35. The molecule has 1 aromatic heterocycles. The number of rotatable bonds is 5. The van der Waals surface area contributed by atoms with Crippen molar-refractivity contribution in [3.63, 3.8) is 0 Å². The Hall–Kier alpha value is -2.18. The maximum absolute atomic E-state index is 12.5. The topological polar surface area (TPSA) is 63.7 Å². The van der Waals surface area contributed by atoms with Crippen LogP contribution in [0.25, 0.3) is 0 Å². The predicted octanol–water partition coefficient (Wildman–Crippen LogP) is 3.43. The minimum Gasteiger partial charge on any atom is -0.456 e. The highest BCUT2D eigenvalue weighted by molar-refractivity contribution is 7.12. The van der Waals surface area contributed by atoms with Gasteiger partial charge in [0.1, 0.15) is 6.04 Å². The van der Waals surface area contributed by atoms with E-state index in [0.717, 1.165) is 6.42 Å². The maximum atomic E-state index is 12.5. The molecule has 0 N–H and O–H groups in total. The van der Waals surface area contributed by atoms with Crippen molar-refractivity contribution in [3.05, 3.63) is 57.2 Å². The fraction of sp³-hybridized carbons (Fsp3) is 0.278. The number of nitrogens with zero attached hydrogens (tertiary/aromatic N) is 1. The number of Topliss-reactive ketones (excluding diaryl/α,β-unsaturated/α-hetero) is 1. The van der Waals surface area contributed by atoms with Crippen LogP contribution in [0.2, 0.25) is 5.02 Å². The summed E-state index contributed by atoms with van der Waals surface area (Å²) in [5.41, 5.74) is 0.426. The van der Waals surface area contributed by atoms with E-state index in [2.05, 4.69) is 0 Å². The van der Waals surface area contributed by atoms with E-state index in [9.17, 15) is 14.4 Å². The Morgan fingerprint density at radius 3 is 2.64 bits per heavy atom. The minimum absolute atomic E-state index is 0.168. The van der Waals surface area contributed by atoms with Gasteiger partial charge in [-0.05, 0) is 48.6 Å². The summed E-state index contributed by atoms with van der Waals surface area (Å²) in [6.07, 6.45) is 1.28. The number of amides is 1. The fourth-order valence-electron chi connectivity index (χ4n) is 2.75. The lowest BCUT2D eigenvalue weighted by atomic mass is 10.1. The zero-order chi connectivity index (χ0) is 17.8. The summed E-state index contributed by atoms with van der Waals surface area (Å²) in [5.74, 6) is -1.01. The molecule has 2 aromatic rings. The monoisotopic (exact) mass is 377 g/mol. The van der Waals surface area contributed by atoms with Gasteiger partial charge in [-0.15, -0.1) is 11.3 Å². The molecular weight excluding hydrogens is 362 g/mol. The van der Waals surface area contributed by atoms with Crippen LogP contribution in [0.15, 0.2) is 41.8 Å². The van der Waals surface area contributed by atoms with Gasteiger partial charge < -0.3 is 9.64 Å². The molecule has 0 saturated carbocycles. The number of esters is 1. The molecule has 1 atom stereocenters. The quantitative estimate of drug-likeness (QED) is 0.591. The third kappa shape index (κ3) is 4.08. The van der Waals surface area contributed by atoms with Crippen LogP contribution in [-0.4, -0.2) is 41.8 Å². The first kappa shape index (κ1) is 17.6. The summed E-state index contributed by atoms with van der Waals surface area (Å²) < 4.78 is 5.16. The fourth-order valence-corrected chi connectivity index (χ4v) is 3.55. The van der Waals surface area contributed by atoms with Crippen molar-refractivity contribution in [3.8, 4) is 0 Å².